The summed E-state index contributed by atoms with van der Waals surface area (Å²) in [6.07, 6.45) is 5.31. The molecule has 0 heterocycles. The first-order valence-electron chi connectivity index (χ1n) is 8.85. The molecule has 0 bridgehead atoms. The average molecular weight is 350 g/mol. The van der Waals surface area contributed by atoms with E-state index >= 15 is 0 Å². The molecule has 1 unspecified atom stereocenters. The predicted molar refractivity (Wildman–Crippen MR) is 93.6 cm³/mol. The van der Waals surface area contributed by atoms with E-state index < -0.39 is 12.0 Å². The van der Waals surface area contributed by atoms with Gasteiger partial charge in [0.2, 0.25) is 5.91 Å². The molecule has 25 heavy (non-hydrogen) atoms. The number of carbonyl (C=O) groups is 2. The van der Waals surface area contributed by atoms with Crippen LogP contribution in [0.4, 0.5) is 4.39 Å². The Bertz CT molecular complexity index is 585. The van der Waals surface area contributed by atoms with Gasteiger partial charge in [-0.05, 0) is 44.5 Å². The first-order chi connectivity index (χ1) is 11.9. The van der Waals surface area contributed by atoms with Crippen LogP contribution in [0.1, 0.15) is 44.6 Å². The standard InChI is InChI=1S/C19H27FN2O3/c1-14(19(24)25)21(2)13-18(23)22(17-6-4-3-5-7-17)12-15-8-10-16(20)11-9-15/h8-11,14,17H,3-7,12-13H2,1-2H3,(H,24,25). The number of amides is 1. The minimum Gasteiger partial charge on any atom is -0.480 e. The zero-order valence-corrected chi connectivity index (χ0v) is 14.9. The molecule has 1 amide bonds. The summed E-state index contributed by atoms with van der Waals surface area (Å²) in [5.74, 6) is -1.32. The van der Waals surface area contributed by atoms with E-state index in [1.54, 1.807) is 31.0 Å². The van der Waals surface area contributed by atoms with Gasteiger partial charge in [-0.2, -0.15) is 0 Å². The lowest BCUT2D eigenvalue weighted by atomic mass is 9.93. The number of rotatable bonds is 7. The average Bonchev–Trinajstić information content (AvgIpc) is 2.61. The van der Waals surface area contributed by atoms with E-state index in [0.29, 0.717) is 6.54 Å². The molecule has 5 nitrogen and oxygen atoms in total. The van der Waals surface area contributed by atoms with Crippen molar-refractivity contribution in [2.24, 2.45) is 0 Å². The molecule has 138 valence electrons. The number of aliphatic carboxylic acids is 1. The summed E-state index contributed by atoms with van der Waals surface area (Å²) in [5.41, 5.74) is 0.884. The third-order valence-electron chi connectivity index (χ3n) is 5.01. The van der Waals surface area contributed by atoms with Crippen LogP contribution in [-0.2, 0) is 16.1 Å². The van der Waals surface area contributed by atoms with Gasteiger partial charge in [0, 0.05) is 12.6 Å². The van der Waals surface area contributed by atoms with Gasteiger partial charge in [0.25, 0.3) is 0 Å². The number of nitrogens with zero attached hydrogens (tertiary/aromatic N) is 2. The third-order valence-corrected chi connectivity index (χ3v) is 5.01. The van der Waals surface area contributed by atoms with E-state index in [1.807, 2.05) is 4.90 Å². The number of carboxylic acid groups (broad SMARTS) is 1. The summed E-state index contributed by atoms with van der Waals surface area (Å²) >= 11 is 0. The summed E-state index contributed by atoms with van der Waals surface area (Å²) in [6, 6.07) is 5.64. The topological polar surface area (TPSA) is 60.9 Å². The van der Waals surface area contributed by atoms with Crippen molar-refractivity contribution in [1.82, 2.24) is 9.80 Å². The molecule has 0 spiro atoms. The van der Waals surface area contributed by atoms with Gasteiger partial charge < -0.3 is 10.0 Å². The molecule has 0 saturated heterocycles. The van der Waals surface area contributed by atoms with Gasteiger partial charge in [0.1, 0.15) is 11.9 Å². The Balaban J connectivity index is 2.11. The first kappa shape index (κ1) is 19.4. The molecule has 6 heteroatoms. The normalized spacial score (nSPS) is 16.6. The zero-order valence-electron chi connectivity index (χ0n) is 14.9. The summed E-state index contributed by atoms with van der Waals surface area (Å²) in [5, 5.41) is 9.11. The van der Waals surface area contributed by atoms with Crippen LogP contribution in [0.25, 0.3) is 0 Å². The fourth-order valence-corrected chi connectivity index (χ4v) is 3.23. The number of carboxylic acids is 1. The summed E-state index contributed by atoms with van der Waals surface area (Å²) in [7, 11) is 1.65. The SMILES string of the molecule is CC(C(=O)O)N(C)CC(=O)N(Cc1ccc(F)cc1)C1CCCCC1. The Kier molecular flexibility index (Phi) is 6.93. The molecule has 2 rings (SSSR count). The molecule has 1 atom stereocenters. The van der Waals surface area contributed by atoms with Crippen LogP contribution in [0.15, 0.2) is 24.3 Å². The predicted octanol–water partition coefficient (Wildman–Crippen LogP) is 2.89. The van der Waals surface area contributed by atoms with Gasteiger partial charge in [0.05, 0.1) is 6.54 Å². The lowest BCUT2D eigenvalue weighted by Crippen LogP contribution is -2.48. The molecule has 1 aliphatic rings. The number of benzene rings is 1. The molecule has 1 fully saturated rings. The zero-order chi connectivity index (χ0) is 18.4. The molecule has 1 aromatic rings. The molecule has 1 aromatic carbocycles. The summed E-state index contributed by atoms with van der Waals surface area (Å²) in [6.45, 7) is 2.06. The number of halogens is 1. The molecule has 1 saturated carbocycles. The van der Waals surface area contributed by atoms with Crippen LogP contribution in [0.2, 0.25) is 0 Å². The van der Waals surface area contributed by atoms with Crippen LogP contribution < -0.4 is 0 Å². The lowest BCUT2D eigenvalue weighted by molar-refractivity contribution is -0.144. The molecular formula is C19H27FN2O3. The van der Waals surface area contributed by atoms with Crippen molar-refractivity contribution in [2.75, 3.05) is 13.6 Å². The molecular weight excluding hydrogens is 323 g/mol. The van der Waals surface area contributed by atoms with Gasteiger partial charge in [0.15, 0.2) is 0 Å². The number of hydrogen-bond acceptors (Lipinski definition) is 3. The summed E-state index contributed by atoms with van der Waals surface area (Å²) < 4.78 is 13.1. The highest BCUT2D eigenvalue weighted by Gasteiger charge is 2.28. The molecule has 0 radical (unpaired) electrons. The number of likely N-dealkylation sites (N-methyl/N-ethyl adjacent to an activating group) is 1. The highest BCUT2D eigenvalue weighted by Crippen LogP contribution is 2.24. The smallest absolute Gasteiger partial charge is 0.320 e. The van der Waals surface area contributed by atoms with Crippen LogP contribution in [0.3, 0.4) is 0 Å². The van der Waals surface area contributed by atoms with Crippen molar-refractivity contribution in [3.05, 3.63) is 35.6 Å². The van der Waals surface area contributed by atoms with Crippen LogP contribution >= 0.6 is 0 Å². The molecule has 0 aromatic heterocycles. The maximum atomic E-state index is 13.1. The van der Waals surface area contributed by atoms with Gasteiger partial charge in [-0.15, -0.1) is 0 Å². The fourth-order valence-electron chi connectivity index (χ4n) is 3.23. The maximum Gasteiger partial charge on any atom is 0.320 e. The second-order valence-corrected chi connectivity index (χ2v) is 6.87. The van der Waals surface area contributed by atoms with E-state index in [0.717, 1.165) is 31.2 Å². The van der Waals surface area contributed by atoms with Gasteiger partial charge in [-0.1, -0.05) is 31.4 Å². The van der Waals surface area contributed by atoms with Gasteiger partial charge in [-0.25, -0.2) is 4.39 Å². The van der Waals surface area contributed by atoms with E-state index in [-0.39, 0.29) is 24.3 Å². The van der Waals surface area contributed by atoms with Crippen molar-refractivity contribution in [2.45, 2.75) is 57.7 Å². The van der Waals surface area contributed by atoms with Crippen molar-refractivity contribution < 1.29 is 19.1 Å². The quantitative estimate of drug-likeness (QED) is 0.821. The first-order valence-corrected chi connectivity index (χ1v) is 8.85. The van der Waals surface area contributed by atoms with Gasteiger partial charge >= 0.3 is 5.97 Å². The summed E-state index contributed by atoms with van der Waals surface area (Å²) in [4.78, 5) is 27.4. The van der Waals surface area contributed by atoms with Gasteiger partial charge in [-0.3, -0.25) is 14.5 Å². The third kappa shape index (κ3) is 5.53. The Labute approximate surface area is 148 Å². The fraction of sp³-hybridized carbons (Fsp3) is 0.579. The molecule has 1 N–H and O–H groups in total. The molecule has 0 aliphatic heterocycles. The van der Waals surface area contributed by atoms with E-state index in [1.165, 1.54) is 18.6 Å². The lowest BCUT2D eigenvalue weighted by Gasteiger charge is -2.36. The Hall–Kier alpha value is -1.95. The second kappa shape index (κ2) is 8.94. The number of carbonyl (C=O) groups excluding carboxylic acids is 1. The van der Waals surface area contributed by atoms with E-state index in [2.05, 4.69) is 0 Å². The Morgan fingerprint density at radius 3 is 2.36 bits per heavy atom. The van der Waals surface area contributed by atoms with Crippen molar-refractivity contribution >= 4 is 11.9 Å². The van der Waals surface area contributed by atoms with Crippen LogP contribution in [-0.4, -0.2) is 52.5 Å². The van der Waals surface area contributed by atoms with Crippen LogP contribution in [0, 0.1) is 5.82 Å². The van der Waals surface area contributed by atoms with Crippen molar-refractivity contribution in [3.63, 3.8) is 0 Å². The van der Waals surface area contributed by atoms with Crippen molar-refractivity contribution in [1.29, 1.82) is 0 Å². The largest absolute Gasteiger partial charge is 0.480 e. The monoisotopic (exact) mass is 350 g/mol. The van der Waals surface area contributed by atoms with E-state index in [9.17, 15) is 14.0 Å². The Morgan fingerprint density at radius 2 is 1.80 bits per heavy atom. The Morgan fingerprint density at radius 1 is 1.20 bits per heavy atom. The highest BCUT2D eigenvalue weighted by molar-refractivity contribution is 5.80. The second-order valence-electron chi connectivity index (χ2n) is 6.87. The number of hydrogen-bond donors (Lipinski definition) is 1. The maximum absolute atomic E-state index is 13.1. The highest BCUT2D eigenvalue weighted by atomic mass is 19.1. The van der Waals surface area contributed by atoms with Crippen molar-refractivity contribution in [3.8, 4) is 0 Å². The van der Waals surface area contributed by atoms with Crippen LogP contribution in [0.5, 0.6) is 0 Å². The minimum absolute atomic E-state index is 0.0607. The minimum atomic E-state index is -0.946. The van der Waals surface area contributed by atoms with E-state index in [4.69, 9.17) is 5.11 Å². The molecule has 1 aliphatic carbocycles.